The Balaban J connectivity index is 1.55. The van der Waals surface area contributed by atoms with Crippen LogP contribution in [0.15, 0.2) is 53.3 Å². The number of hydrogen-bond donors (Lipinski definition) is 3. The highest BCUT2D eigenvalue weighted by Crippen LogP contribution is 2.50. The maximum absolute atomic E-state index is 14.0. The number of carbonyl (C=O) groups is 2. The second kappa shape index (κ2) is 15.4. The number of fused-ring (bicyclic) bond motifs is 3. The smallest absolute Gasteiger partial charge is 0.247 e. The number of nitrogens with zero attached hydrogens (tertiary/aromatic N) is 1. The molecule has 0 bridgehead atoms. The number of benzene rings is 2. The number of anilines is 3. The van der Waals surface area contributed by atoms with E-state index in [0.29, 0.717) is 72.0 Å². The summed E-state index contributed by atoms with van der Waals surface area (Å²) in [5, 5.41) is 9.17. The first-order valence-electron chi connectivity index (χ1n) is 16.9. The average Bonchev–Trinajstić information content (AvgIpc) is 3.33. The third-order valence-electron chi connectivity index (χ3n) is 9.47. The largest absolute Gasteiger partial charge is 0.493 e. The van der Waals surface area contributed by atoms with Crippen molar-refractivity contribution < 1.29 is 32.2 Å². The lowest BCUT2D eigenvalue weighted by Crippen LogP contribution is -2.41. The lowest BCUT2D eigenvalue weighted by atomic mass is 9.95. The van der Waals surface area contributed by atoms with Crippen molar-refractivity contribution in [1.29, 1.82) is 0 Å². The zero-order valence-electron chi connectivity index (χ0n) is 29.4. The van der Waals surface area contributed by atoms with Crippen molar-refractivity contribution in [3.63, 3.8) is 0 Å². The van der Waals surface area contributed by atoms with Gasteiger partial charge in [-0.25, -0.2) is 8.42 Å². The van der Waals surface area contributed by atoms with E-state index in [-0.39, 0.29) is 34.6 Å². The molecule has 3 aromatic rings. The van der Waals surface area contributed by atoms with Gasteiger partial charge in [0.1, 0.15) is 6.04 Å². The van der Waals surface area contributed by atoms with Crippen molar-refractivity contribution in [3.8, 4) is 28.4 Å². The highest BCUT2D eigenvalue weighted by molar-refractivity contribution is 7.92. The van der Waals surface area contributed by atoms with Crippen LogP contribution in [0, 0.1) is 5.92 Å². The van der Waals surface area contributed by atoms with Gasteiger partial charge in [-0.15, -0.1) is 0 Å². The van der Waals surface area contributed by atoms with Crippen molar-refractivity contribution in [1.82, 2.24) is 5.32 Å². The molecule has 12 nitrogen and oxygen atoms in total. The zero-order valence-corrected chi connectivity index (χ0v) is 30.2. The van der Waals surface area contributed by atoms with E-state index < -0.39 is 22.1 Å². The van der Waals surface area contributed by atoms with Crippen LogP contribution in [0.1, 0.15) is 63.6 Å². The molecule has 2 aliphatic rings. The number of sulfonamides is 1. The van der Waals surface area contributed by atoms with E-state index in [9.17, 15) is 22.8 Å². The molecule has 5 rings (SSSR count). The van der Waals surface area contributed by atoms with E-state index in [4.69, 9.17) is 14.2 Å². The summed E-state index contributed by atoms with van der Waals surface area (Å²) in [6.45, 7) is 5.71. The number of carbonyl (C=O) groups excluding carboxylic acids is 2. The van der Waals surface area contributed by atoms with Crippen LogP contribution < -0.4 is 39.9 Å². The van der Waals surface area contributed by atoms with Crippen molar-refractivity contribution in [3.05, 3.63) is 69.9 Å². The maximum Gasteiger partial charge on any atom is 0.247 e. The molecule has 1 fully saturated rings. The minimum Gasteiger partial charge on any atom is -0.493 e. The van der Waals surface area contributed by atoms with Gasteiger partial charge in [0.25, 0.3) is 0 Å². The first-order chi connectivity index (χ1) is 23.9. The third-order valence-corrected chi connectivity index (χ3v) is 11.3. The quantitative estimate of drug-likeness (QED) is 0.243. The Hall–Kier alpha value is -4.78. The van der Waals surface area contributed by atoms with Crippen LogP contribution in [0.25, 0.3) is 11.1 Å². The summed E-state index contributed by atoms with van der Waals surface area (Å²) >= 11 is 0. The topological polar surface area (TPSA) is 152 Å². The molecule has 1 saturated heterocycles. The fourth-order valence-corrected chi connectivity index (χ4v) is 8.37. The first-order valence-corrected chi connectivity index (χ1v) is 18.5. The summed E-state index contributed by atoms with van der Waals surface area (Å²) < 4.78 is 44.0. The summed E-state index contributed by atoms with van der Waals surface area (Å²) in [5.74, 6) is 0.641. The van der Waals surface area contributed by atoms with E-state index in [0.717, 1.165) is 17.5 Å². The van der Waals surface area contributed by atoms with E-state index in [1.165, 1.54) is 24.4 Å². The predicted octanol–water partition coefficient (Wildman–Crippen LogP) is 5.26. The predicted molar refractivity (Wildman–Crippen MR) is 195 cm³/mol. The lowest BCUT2D eigenvalue weighted by molar-refractivity contribution is -0.120. The van der Waals surface area contributed by atoms with Gasteiger partial charge in [-0.3, -0.25) is 18.7 Å². The van der Waals surface area contributed by atoms with E-state index in [2.05, 4.69) is 16.0 Å². The highest BCUT2D eigenvalue weighted by atomic mass is 32.2. The van der Waals surface area contributed by atoms with Crippen LogP contribution in [0.2, 0.25) is 0 Å². The van der Waals surface area contributed by atoms with Crippen molar-refractivity contribution in [2.24, 2.45) is 5.92 Å². The summed E-state index contributed by atoms with van der Waals surface area (Å²) in [7, 11) is 1.19. The Kier molecular flexibility index (Phi) is 11.2. The Morgan fingerprint density at radius 2 is 1.76 bits per heavy atom. The Morgan fingerprint density at radius 3 is 2.42 bits per heavy atom. The number of amides is 2. The molecule has 0 aromatic heterocycles. The molecule has 1 heterocycles. The molecule has 13 heteroatoms. The molecule has 50 heavy (non-hydrogen) atoms. The Labute approximate surface area is 293 Å². The standard InChI is InChI=1S/C37H46N4O8S/c1-7-22(2)34(37(44)39-25-11-10-12-26(20-25)41-17-8-9-18-50(41,45)46)40-30-16-14-27-28(21-31(30)43)29(38-23(3)42)15-13-24-19-32(47-4)35(48-5)36(49-6)33(24)27/h10-12,14,16,19-22,29,34H,7-9,13,15,17-18H2,1-6H3,(H,38,42)(H,39,44)(H,40,43). The molecule has 0 radical (unpaired) electrons. The van der Waals surface area contributed by atoms with Gasteiger partial charge in [0.05, 0.1) is 44.5 Å². The van der Waals surface area contributed by atoms with Crippen molar-refractivity contribution >= 4 is 38.9 Å². The third kappa shape index (κ3) is 7.52. The van der Waals surface area contributed by atoms with Crippen molar-refractivity contribution in [2.45, 2.75) is 65.0 Å². The monoisotopic (exact) mass is 706 g/mol. The fourth-order valence-electron chi connectivity index (χ4n) is 6.73. The van der Waals surface area contributed by atoms with Gasteiger partial charge in [0.2, 0.25) is 33.0 Å². The SMILES string of the molecule is CCC(C)C(Nc1ccc2c(cc1=O)C(NC(C)=O)CCc1cc(OC)c(OC)c(OC)c1-2)C(=O)Nc1cccc(N2CCCCS2(=O)=O)c1. The minimum atomic E-state index is -3.43. The number of rotatable bonds is 11. The van der Waals surface area contributed by atoms with Gasteiger partial charge in [0, 0.05) is 24.7 Å². The molecule has 268 valence electrons. The van der Waals surface area contributed by atoms with Crippen molar-refractivity contribution in [2.75, 3.05) is 48.6 Å². The molecule has 3 atom stereocenters. The van der Waals surface area contributed by atoms with Crippen LogP contribution in [0.3, 0.4) is 0 Å². The second-order valence-electron chi connectivity index (χ2n) is 12.7. The number of nitrogens with one attached hydrogen (secondary N) is 3. The summed E-state index contributed by atoms with van der Waals surface area (Å²) in [6, 6.07) is 12.4. The molecular weight excluding hydrogens is 660 g/mol. The molecule has 3 N–H and O–H groups in total. The molecule has 0 saturated carbocycles. The first kappa shape index (κ1) is 36.5. The Bertz CT molecular complexity index is 1930. The van der Waals surface area contributed by atoms with Gasteiger partial charge in [0.15, 0.2) is 11.5 Å². The van der Waals surface area contributed by atoms with Crippen LogP contribution in [-0.2, 0) is 26.0 Å². The summed E-state index contributed by atoms with van der Waals surface area (Å²) in [5.41, 5.74) is 3.69. The maximum atomic E-state index is 14.0. The summed E-state index contributed by atoms with van der Waals surface area (Å²) in [6.07, 6.45) is 3.10. The molecule has 1 aliphatic carbocycles. The molecular formula is C37H46N4O8S. The molecule has 2 amide bonds. The summed E-state index contributed by atoms with van der Waals surface area (Å²) in [4.78, 5) is 40.2. The normalized spacial score (nSPS) is 17.6. The number of hydrogen-bond acceptors (Lipinski definition) is 9. The zero-order chi connectivity index (χ0) is 36.2. The second-order valence-corrected chi connectivity index (χ2v) is 14.8. The van der Waals surface area contributed by atoms with Gasteiger partial charge in [-0.1, -0.05) is 32.4 Å². The van der Waals surface area contributed by atoms with Crippen LogP contribution >= 0.6 is 0 Å². The lowest BCUT2D eigenvalue weighted by Gasteiger charge is -2.29. The molecule has 1 aliphatic heterocycles. The molecule has 0 spiro atoms. The van der Waals surface area contributed by atoms with E-state index in [1.807, 2.05) is 19.9 Å². The number of ether oxygens (including phenoxy) is 3. The van der Waals surface area contributed by atoms with Gasteiger partial charge < -0.3 is 30.2 Å². The van der Waals surface area contributed by atoms with Gasteiger partial charge in [-0.2, -0.15) is 0 Å². The van der Waals surface area contributed by atoms with Gasteiger partial charge in [-0.05, 0) is 84.7 Å². The molecule has 3 unspecified atom stereocenters. The van der Waals surface area contributed by atoms with Gasteiger partial charge >= 0.3 is 0 Å². The van der Waals surface area contributed by atoms with E-state index in [1.54, 1.807) is 50.6 Å². The molecule has 3 aromatic carbocycles. The van der Waals surface area contributed by atoms with Crippen LogP contribution in [0.5, 0.6) is 17.2 Å². The highest BCUT2D eigenvalue weighted by Gasteiger charge is 2.31. The number of methoxy groups -OCH3 is 3. The number of aryl methyl sites for hydroxylation is 1. The fraction of sp³-hybridized carbons (Fsp3) is 0.432. The Morgan fingerprint density at radius 1 is 1.00 bits per heavy atom. The van der Waals surface area contributed by atoms with Crippen LogP contribution in [-0.4, -0.2) is 59.9 Å². The average molecular weight is 707 g/mol. The van der Waals surface area contributed by atoms with Crippen LogP contribution in [0.4, 0.5) is 17.1 Å². The minimum absolute atomic E-state index is 0.0880. The van der Waals surface area contributed by atoms with E-state index >= 15 is 0 Å².